The predicted octanol–water partition coefficient (Wildman–Crippen LogP) is 2.48. The van der Waals surface area contributed by atoms with Crippen molar-refractivity contribution in [1.82, 2.24) is 10.3 Å². The van der Waals surface area contributed by atoms with Gasteiger partial charge >= 0.3 is 0 Å². The number of hydrogen-bond acceptors (Lipinski definition) is 3. The topological polar surface area (TPSA) is 42.0 Å². The Labute approximate surface area is 98.2 Å². The molecule has 0 radical (unpaired) electrons. The Morgan fingerprint density at radius 2 is 2.19 bits per heavy atom. The van der Waals surface area contributed by atoms with E-state index in [1.807, 2.05) is 35.9 Å². The first-order chi connectivity index (χ1) is 7.72. The van der Waals surface area contributed by atoms with Gasteiger partial charge in [-0.25, -0.2) is 0 Å². The summed E-state index contributed by atoms with van der Waals surface area (Å²) < 4.78 is 0. The second-order valence-corrected chi connectivity index (χ2v) is 4.20. The third-order valence-electron chi connectivity index (χ3n) is 2.37. The van der Waals surface area contributed by atoms with E-state index in [-0.39, 0.29) is 5.91 Å². The van der Waals surface area contributed by atoms with Crippen molar-refractivity contribution in [1.29, 1.82) is 0 Å². The van der Waals surface area contributed by atoms with Gasteiger partial charge in [0.15, 0.2) is 0 Å². The van der Waals surface area contributed by atoms with Gasteiger partial charge in [-0.1, -0.05) is 0 Å². The molecule has 0 fully saturated rings. The van der Waals surface area contributed by atoms with Crippen LogP contribution in [-0.2, 0) is 0 Å². The van der Waals surface area contributed by atoms with Crippen molar-refractivity contribution in [3.05, 3.63) is 40.2 Å². The lowest BCUT2D eigenvalue weighted by Crippen LogP contribution is -2.19. The minimum Gasteiger partial charge on any atom is -0.355 e. The normalized spacial score (nSPS) is 10.1. The molecule has 0 spiro atoms. The summed E-state index contributed by atoms with van der Waals surface area (Å²) in [5.74, 6) is -0.0955. The van der Waals surface area contributed by atoms with Crippen LogP contribution in [0.25, 0.3) is 11.3 Å². The molecule has 0 aliphatic heterocycles. The number of nitrogens with one attached hydrogen (secondary N) is 1. The first-order valence-electron chi connectivity index (χ1n) is 4.94. The van der Waals surface area contributed by atoms with Crippen LogP contribution in [0.5, 0.6) is 0 Å². The molecule has 3 nitrogen and oxygen atoms in total. The van der Waals surface area contributed by atoms with Crippen LogP contribution in [0.15, 0.2) is 29.0 Å². The van der Waals surface area contributed by atoms with Gasteiger partial charge in [0, 0.05) is 18.0 Å². The van der Waals surface area contributed by atoms with Gasteiger partial charge in [0.25, 0.3) is 5.91 Å². The highest BCUT2D eigenvalue weighted by Gasteiger charge is 2.09. The van der Waals surface area contributed by atoms with Crippen molar-refractivity contribution in [3.8, 4) is 11.3 Å². The van der Waals surface area contributed by atoms with Crippen molar-refractivity contribution in [2.75, 3.05) is 7.05 Å². The molecule has 0 bridgehead atoms. The largest absolute Gasteiger partial charge is 0.355 e. The predicted molar refractivity (Wildman–Crippen MR) is 65.7 cm³/mol. The van der Waals surface area contributed by atoms with E-state index in [2.05, 4.69) is 10.3 Å². The monoisotopic (exact) mass is 232 g/mol. The fraction of sp³-hybridized carbons (Fsp3) is 0.167. The molecular weight excluding hydrogens is 220 g/mol. The van der Waals surface area contributed by atoms with Gasteiger partial charge < -0.3 is 5.32 Å². The number of aromatic nitrogens is 1. The van der Waals surface area contributed by atoms with Crippen LogP contribution in [0.2, 0.25) is 0 Å². The number of carbonyl (C=O) groups excluding carboxylic acids is 1. The minimum atomic E-state index is -0.0955. The molecule has 1 amide bonds. The zero-order chi connectivity index (χ0) is 11.5. The Morgan fingerprint density at radius 1 is 1.38 bits per heavy atom. The number of thiophene rings is 1. The van der Waals surface area contributed by atoms with E-state index >= 15 is 0 Å². The molecule has 0 unspecified atom stereocenters. The molecule has 0 aliphatic rings. The zero-order valence-corrected chi connectivity index (χ0v) is 9.97. The molecule has 2 heterocycles. The molecule has 82 valence electrons. The van der Waals surface area contributed by atoms with Gasteiger partial charge in [-0.15, -0.1) is 0 Å². The maximum Gasteiger partial charge on any atom is 0.252 e. The molecule has 2 aromatic heterocycles. The summed E-state index contributed by atoms with van der Waals surface area (Å²) in [5, 5.41) is 6.66. The molecule has 1 N–H and O–H groups in total. The summed E-state index contributed by atoms with van der Waals surface area (Å²) in [4.78, 5) is 15.9. The fourth-order valence-electron chi connectivity index (χ4n) is 1.51. The molecule has 0 atom stereocenters. The quantitative estimate of drug-likeness (QED) is 0.864. The zero-order valence-electron chi connectivity index (χ0n) is 9.15. The van der Waals surface area contributed by atoms with Crippen molar-refractivity contribution in [2.24, 2.45) is 0 Å². The van der Waals surface area contributed by atoms with Crippen molar-refractivity contribution < 1.29 is 4.79 Å². The maximum absolute atomic E-state index is 11.5. The Kier molecular flexibility index (Phi) is 3.01. The number of rotatable bonds is 2. The minimum absolute atomic E-state index is 0.0955. The summed E-state index contributed by atoms with van der Waals surface area (Å²) in [5.41, 5.74) is 3.38. The average molecular weight is 232 g/mol. The van der Waals surface area contributed by atoms with E-state index in [0.717, 1.165) is 17.0 Å². The van der Waals surface area contributed by atoms with Gasteiger partial charge in [-0.3, -0.25) is 9.78 Å². The lowest BCUT2D eigenvalue weighted by atomic mass is 10.1. The first kappa shape index (κ1) is 10.8. The van der Waals surface area contributed by atoms with Crippen LogP contribution in [0.1, 0.15) is 16.1 Å². The number of pyridine rings is 1. The average Bonchev–Trinajstić information content (AvgIpc) is 2.81. The molecule has 2 aromatic rings. The Hall–Kier alpha value is -1.68. The summed E-state index contributed by atoms with van der Waals surface area (Å²) in [6.07, 6.45) is 0. The molecular formula is C12H12N2OS. The highest BCUT2D eigenvalue weighted by Crippen LogP contribution is 2.21. The van der Waals surface area contributed by atoms with Crippen molar-refractivity contribution in [3.63, 3.8) is 0 Å². The number of amides is 1. The van der Waals surface area contributed by atoms with Crippen LogP contribution in [0.4, 0.5) is 0 Å². The summed E-state index contributed by atoms with van der Waals surface area (Å²) in [6.45, 7) is 1.85. The fourth-order valence-corrected chi connectivity index (χ4v) is 2.16. The first-order valence-corrected chi connectivity index (χ1v) is 5.89. The molecule has 0 saturated heterocycles. The molecule has 16 heavy (non-hydrogen) atoms. The van der Waals surface area contributed by atoms with Crippen LogP contribution in [0.3, 0.4) is 0 Å². The Morgan fingerprint density at radius 3 is 2.75 bits per heavy atom. The number of nitrogens with zero attached hydrogens (tertiary/aromatic N) is 1. The number of aryl methyl sites for hydroxylation is 1. The van der Waals surface area contributed by atoms with Gasteiger partial charge in [0.2, 0.25) is 0 Å². The third-order valence-corrected chi connectivity index (χ3v) is 3.06. The van der Waals surface area contributed by atoms with Crippen LogP contribution in [-0.4, -0.2) is 17.9 Å². The smallest absolute Gasteiger partial charge is 0.252 e. The van der Waals surface area contributed by atoms with E-state index < -0.39 is 0 Å². The third kappa shape index (κ3) is 1.97. The SMILES string of the molecule is CNC(=O)c1ccc(-c2ccsc2)nc1C. The second-order valence-electron chi connectivity index (χ2n) is 3.42. The highest BCUT2D eigenvalue weighted by atomic mass is 32.1. The van der Waals surface area contributed by atoms with Crippen molar-refractivity contribution in [2.45, 2.75) is 6.92 Å². The molecule has 0 aromatic carbocycles. The van der Waals surface area contributed by atoms with Crippen LogP contribution >= 0.6 is 11.3 Å². The lowest BCUT2D eigenvalue weighted by Gasteiger charge is -2.05. The van der Waals surface area contributed by atoms with Crippen molar-refractivity contribution >= 4 is 17.2 Å². The molecule has 0 aliphatic carbocycles. The maximum atomic E-state index is 11.5. The summed E-state index contributed by atoms with van der Waals surface area (Å²) in [7, 11) is 1.62. The molecule has 2 rings (SSSR count). The standard InChI is InChI=1S/C12H12N2OS/c1-8-10(12(15)13-2)3-4-11(14-8)9-5-6-16-7-9/h3-7H,1-2H3,(H,13,15). The summed E-state index contributed by atoms with van der Waals surface area (Å²) in [6, 6.07) is 5.71. The van der Waals surface area contributed by atoms with Crippen LogP contribution in [0, 0.1) is 6.92 Å². The van der Waals surface area contributed by atoms with E-state index in [4.69, 9.17) is 0 Å². The molecule has 4 heteroatoms. The lowest BCUT2D eigenvalue weighted by molar-refractivity contribution is 0.0962. The van der Waals surface area contributed by atoms with Gasteiger partial charge in [-0.05, 0) is 30.5 Å². The van der Waals surface area contributed by atoms with E-state index in [1.54, 1.807) is 18.4 Å². The van der Waals surface area contributed by atoms with E-state index in [1.165, 1.54) is 0 Å². The molecule has 0 saturated carbocycles. The van der Waals surface area contributed by atoms with E-state index in [9.17, 15) is 4.79 Å². The Bertz CT molecular complexity index is 506. The second kappa shape index (κ2) is 4.45. The Balaban J connectivity index is 2.41. The summed E-state index contributed by atoms with van der Waals surface area (Å²) >= 11 is 1.64. The van der Waals surface area contributed by atoms with Gasteiger partial charge in [0.05, 0.1) is 17.0 Å². The number of hydrogen-bond donors (Lipinski definition) is 1. The van der Waals surface area contributed by atoms with E-state index in [0.29, 0.717) is 5.56 Å². The van der Waals surface area contributed by atoms with Gasteiger partial charge in [0.1, 0.15) is 0 Å². The van der Waals surface area contributed by atoms with Crippen LogP contribution < -0.4 is 5.32 Å². The highest BCUT2D eigenvalue weighted by molar-refractivity contribution is 7.08. The number of carbonyl (C=O) groups is 1. The van der Waals surface area contributed by atoms with Gasteiger partial charge in [-0.2, -0.15) is 11.3 Å².